The van der Waals surface area contributed by atoms with Crippen molar-refractivity contribution in [3.8, 4) is 11.8 Å². The lowest BCUT2D eigenvalue weighted by Gasteiger charge is -2.17. The van der Waals surface area contributed by atoms with Crippen LogP contribution < -0.4 is 4.74 Å². The van der Waals surface area contributed by atoms with E-state index in [9.17, 15) is 18.3 Å². The predicted octanol–water partition coefficient (Wildman–Crippen LogP) is 2.66. The van der Waals surface area contributed by atoms with Crippen molar-refractivity contribution in [3.63, 3.8) is 0 Å². The summed E-state index contributed by atoms with van der Waals surface area (Å²) in [7, 11) is 1.09. The van der Waals surface area contributed by atoms with Gasteiger partial charge in [0.25, 0.3) is 0 Å². The molecular weight excluding hydrogens is 235 g/mol. The summed E-state index contributed by atoms with van der Waals surface area (Å²) in [6.45, 7) is 0. The van der Waals surface area contributed by atoms with E-state index < -0.39 is 23.6 Å². The van der Waals surface area contributed by atoms with Gasteiger partial charge in [0, 0.05) is 5.56 Å². The molecule has 3 nitrogen and oxygen atoms in total. The summed E-state index contributed by atoms with van der Waals surface area (Å²) in [5, 5.41) is 18.0. The van der Waals surface area contributed by atoms with Crippen molar-refractivity contribution in [1.82, 2.24) is 0 Å². The lowest BCUT2D eigenvalue weighted by atomic mass is 10.0. The topological polar surface area (TPSA) is 53.2 Å². The molecule has 0 aliphatic heterocycles. The normalized spacial score (nSPS) is 12.9. The number of halogens is 3. The summed E-state index contributed by atoms with van der Waals surface area (Å²) in [4.78, 5) is 0. The second kappa shape index (κ2) is 5.06. The molecule has 6 heteroatoms. The number of nitrogens with zero attached hydrogens (tertiary/aromatic N) is 1. The number of nitriles is 1. The fourth-order valence-corrected chi connectivity index (χ4v) is 1.46. The highest BCUT2D eigenvalue weighted by Crippen LogP contribution is 2.40. The molecule has 0 heterocycles. The largest absolute Gasteiger partial charge is 0.496 e. The molecule has 0 radical (unpaired) electrons. The number of ether oxygens (including phenoxy) is 1. The number of aliphatic hydroxyl groups excluding tert-OH is 1. The minimum absolute atomic E-state index is 0.0381. The van der Waals surface area contributed by atoms with Gasteiger partial charge in [-0.15, -0.1) is 0 Å². The van der Waals surface area contributed by atoms with E-state index in [1.807, 2.05) is 0 Å². The molecule has 0 amide bonds. The number of hydrogen-bond donors (Lipinski definition) is 1. The Bertz CT molecular complexity index is 437. The first-order valence-electron chi connectivity index (χ1n) is 4.71. The fourth-order valence-electron chi connectivity index (χ4n) is 1.46. The van der Waals surface area contributed by atoms with Crippen LogP contribution in [0.5, 0.6) is 5.75 Å². The monoisotopic (exact) mass is 245 g/mol. The molecule has 1 aromatic rings. The van der Waals surface area contributed by atoms with Crippen molar-refractivity contribution >= 4 is 0 Å². The first-order valence-corrected chi connectivity index (χ1v) is 4.71. The van der Waals surface area contributed by atoms with E-state index in [0.29, 0.717) is 0 Å². The third-order valence-corrected chi connectivity index (χ3v) is 2.20. The number of rotatable bonds is 3. The van der Waals surface area contributed by atoms with Gasteiger partial charge in [-0.05, 0) is 6.07 Å². The second-order valence-electron chi connectivity index (χ2n) is 3.30. The van der Waals surface area contributed by atoms with E-state index in [2.05, 4.69) is 4.74 Å². The molecule has 0 spiro atoms. The second-order valence-corrected chi connectivity index (χ2v) is 3.30. The zero-order valence-electron chi connectivity index (χ0n) is 8.95. The highest BCUT2D eigenvalue weighted by molar-refractivity contribution is 5.44. The van der Waals surface area contributed by atoms with Crippen LogP contribution in [-0.2, 0) is 6.18 Å². The summed E-state index contributed by atoms with van der Waals surface area (Å²) in [5.74, 6) is -0.442. The van der Waals surface area contributed by atoms with Crippen LogP contribution >= 0.6 is 0 Å². The number of para-hydroxylation sites is 1. The van der Waals surface area contributed by atoms with Gasteiger partial charge < -0.3 is 9.84 Å². The standard InChI is InChI=1S/C11H10F3NO2/c1-17-10-7(9(16)5-6-15)3-2-4-8(10)11(12,13)14/h2-4,9,16H,5H2,1H3. The van der Waals surface area contributed by atoms with Crippen molar-refractivity contribution in [1.29, 1.82) is 5.26 Å². The molecule has 1 atom stereocenters. The maximum absolute atomic E-state index is 12.6. The van der Waals surface area contributed by atoms with E-state index in [4.69, 9.17) is 5.26 Å². The van der Waals surface area contributed by atoms with Crippen molar-refractivity contribution in [3.05, 3.63) is 29.3 Å². The minimum Gasteiger partial charge on any atom is -0.496 e. The molecule has 1 unspecified atom stereocenters. The fraction of sp³-hybridized carbons (Fsp3) is 0.364. The quantitative estimate of drug-likeness (QED) is 0.890. The molecule has 0 aliphatic carbocycles. The van der Waals surface area contributed by atoms with Crippen LogP contribution in [0.3, 0.4) is 0 Å². The van der Waals surface area contributed by atoms with E-state index in [-0.39, 0.29) is 12.0 Å². The first kappa shape index (κ1) is 13.3. The molecule has 0 fully saturated rings. The van der Waals surface area contributed by atoms with Crippen LogP contribution in [0.1, 0.15) is 23.7 Å². The predicted molar refractivity (Wildman–Crippen MR) is 53.2 cm³/mol. The summed E-state index contributed by atoms with van der Waals surface area (Å²) in [6, 6.07) is 5.02. The summed E-state index contributed by atoms with van der Waals surface area (Å²) in [5.41, 5.74) is -1.00. The lowest BCUT2D eigenvalue weighted by Crippen LogP contribution is -2.10. The van der Waals surface area contributed by atoms with Gasteiger partial charge in [-0.3, -0.25) is 0 Å². The highest BCUT2D eigenvalue weighted by atomic mass is 19.4. The Morgan fingerprint density at radius 1 is 1.47 bits per heavy atom. The number of hydrogen-bond acceptors (Lipinski definition) is 3. The van der Waals surface area contributed by atoms with E-state index >= 15 is 0 Å². The SMILES string of the molecule is COc1c(C(O)CC#N)cccc1C(F)(F)F. The zero-order chi connectivity index (χ0) is 13.1. The smallest absolute Gasteiger partial charge is 0.419 e. The number of aliphatic hydroxyl groups is 1. The van der Waals surface area contributed by atoms with Crippen molar-refractivity contribution in [2.45, 2.75) is 18.7 Å². The Hall–Kier alpha value is -1.74. The molecule has 0 aliphatic rings. The summed E-state index contributed by atoms with van der Waals surface area (Å²) in [6.07, 6.45) is -6.15. The van der Waals surface area contributed by atoms with Crippen LogP contribution in [0.2, 0.25) is 0 Å². The Balaban J connectivity index is 3.29. The zero-order valence-corrected chi connectivity index (χ0v) is 8.95. The van der Waals surface area contributed by atoms with Crippen molar-refractivity contribution in [2.24, 2.45) is 0 Å². The molecule has 0 bridgehead atoms. The average molecular weight is 245 g/mol. The van der Waals surface area contributed by atoms with E-state index in [0.717, 1.165) is 13.2 Å². The summed E-state index contributed by atoms with van der Waals surface area (Å²) >= 11 is 0. The summed E-state index contributed by atoms with van der Waals surface area (Å²) < 4.78 is 42.6. The molecule has 0 aromatic heterocycles. The average Bonchev–Trinajstić information content (AvgIpc) is 2.27. The van der Waals surface area contributed by atoms with Gasteiger partial charge in [-0.2, -0.15) is 18.4 Å². The van der Waals surface area contributed by atoms with E-state index in [1.54, 1.807) is 6.07 Å². The molecule has 0 saturated heterocycles. The Labute approximate surface area is 96.1 Å². The van der Waals surface area contributed by atoms with E-state index in [1.165, 1.54) is 12.1 Å². The maximum atomic E-state index is 12.6. The van der Waals surface area contributed by atoms with Crippen LogP contribution in [0.25, 0.3) is 0 Å². The van der Waals surface area contributed by atoms with Crippen LogP contribution in [-0.4, -0.2) is 12.2 Å². The minimum atomic E-state index is -4.56. The van der Waals surface area contributed by atoms with Gasteiger partial charge in [0.2, 0.25) is 0 Å². The highest BCUT2D eigenvalue weighted by Gasteiger charge is 2.35. The number of alkyl halides is 3. The Kier molecular flexibility index (Phi) is 3.97. The third kappa shape index (κ3) is 2.88. The van der Waals surface area contributed by atoms with Gasteiger partial charge >= 0.3 is 6.18 Å². The Morgan fingerprint density at radius 2 is 2.12 bits per heavy atom. The Morgan fingerprint density at radius 3 is 2.59 bits per heavy atom. The molecule has 1 N–H and O–H groups in total. The first-order chi connectivity index (χ1) is 7.91. The van der Waals surface area contributed by atoms with Gasteiger partial charge in [0.05, 0.1) is 31.3 Å². The van der Waals surface area contributed by atoms with Crippen molar-refractivity contribution < 1.29 is 23.0 Å². The van der Waals surface area contributed by atoms with Gasteiger partial charge in [-0.25, -0.2) is 0 Å². The molecule has 17 heavy (non-hydrogen) atoms. The van der Waals surface area contributed by atoms with Crippen LogP contribution in [0.4, 0.5) is 13.2 Å². The van der Waals surface area contributed by atoms with Gasteiger partial charge in [0.1, 0.15) is 5.75 Å². The van der Waals surface area contributed by atoms with Crippen LogP contribution in [0, 0.1) is 11.3 Å². The maximum Gasteiger partial charge on any atom is 0.419 e. The van der Waals surface area contributed by atoms with Gasteiger partial charge in [0.15, 0.2) is 0 Å². The van der Waals surface area contributed by atoms with Crippen LogP contribution in [0.15, 0.2) is 18.2 Å². The van der Waals surface area contributed by atoms with Crippen molar-refractivity contribution in [2.75, 3.05) is 7.11 Å². The number of benzene rings is 1. The molecule has 92 valence electrons. The lowest BCUT2D eigenvalue weighted by molar-refractivity contribution is -0.138. The van der Waals surface area contributed by atoms with Gasteiger partial charge in [-0.1, -0.05) is 12.1 Å². The molecular formula is C11H10F3NO2. The molecule has 0 saturated carbocycles. The third-order valence-electron chi connectivity index (χ3n) is 2.20. The number of methoxy groups -OCH3 is 1. The molecule has 1 rings (SSSR count). The molecule has 1 aromatic carbocycles.